The third-order valence-corrected chi connectivity index (χ3v) is 14.7. The van der Waals surface area contributed by atoms with Crippen LogP contribution in [0.2, 0.25) is 0 Å². The topological polar surface area (TPSA) is 35.6 Å². The van der Waals surface area contributed by atoms with Gasteiger partial charge in [-0.3, -0.25) is 4.57 Å². The number of nitrogens with zero attached hydrogens (tertiary/aromatic N) is 4. The lowest BCUT2D eigenvalue weighted by Crippen LogP contribution is -2.02. The van der Waals surface area contributed by atoms with E-state index in [-0.39, 0.29) is 0 Å². The molecule has 0 aliphatic rings. The predicted molar refractivity (Wildman–Crippen MR) is 283 cm³/mol. The summed E-state index contributed by atoms with van der Waals surface area (Å²) in [7, 11) is 0. The van der Waals surface area contributed by atoms with Gasteiger partial charge in [0.2, 0.25) is 5.95 Å². The molecule has 0 saturated heterocycles. The summed E-state index contributed by atoms with van der Waals surface area (Å²) in [4.78, 5) is 12.2. The highest BCUT2D eigenvalue weighted by atomic mass is 32.1. The monoisotopic (exact) mass is 870 g/mol. The molecule has 10 aromatic carbocycles. The van der Waals surface area contributed by atoms with Crippen LogP contribution in [0.4, 0.5) is 0 Å². The standard InChI is InChI=1S/C62H38N4S/c1-4-14-39(15-5-1)40-24-26-44(27-25-40)60-61-52(38-57(67-61)43-18-6-2-7-19-43)63-62(64-60)66-54-33-31-46(37-51(54)59-49-23-13-11-17-42(49)29-35-56(59)66)45-30-32-53-50(36-45)58-48-22-12-10-16-41(48)28-34-55(58)65(53)47-20-8-3-9-21-47/h1-38H. The third kappa shape index (κ3) is 5.99. The number of benzene rings is 10. The molecule has 0 unspecified atom stereocenters. The molecule has 0 radical (unpaired) electrons. The Bertz CT molecular complexity index is 4240. The third-order valence-electron chi connectivity index (χ3n) is 13.5. The average Bonchev–Trinajstić information content (AvgIpc) is 4.09. The lowest BCUT2D eigenvalue weighted by molar-refractivity contribution is 1.02. The molecule has 0 spiro atoms. The molecule has 0 fully saturated rings. The van der Waals surface area contributed by atoms with Crippen LogP contribution in [0.1, 0.15) is 0 Å². The van der Waals surface area contributed by atoms with Gasteiger partial charge >= 0.3 is 0 Å². The number of para-hydroxylation sites is 1. The van der Waals surface area contributed by atoms with Crippen molar-refractivity contribution in [2.75, 3.05) is 0 Å². The molecule has 0 amide bonds. The quantitative estimate of drug-likeness (QED) is 0.167. The Morgan fingerprint density at radius 1 is 0.328 bits per heavy atom. The number of hydrogen-bond donors (Lipinski definition) is 0. The van der Waals surface area contributed by atoms with E-state index in [9.17, 15) is 0 Å². The SMILES string of the molecule is c1ccc(-c2ccc(-c3nc(-n4c5ccc(-c6ccc7c(c6)c6c8ccccc8ccc6n7-c6ccccc6)cc5c5c6ccccc6ccc54)nc4cc(-c5ccccc5)sc34)cc2)cc1. The van der Waals surface area contributed by atoms with Crippen LogP contribution in [0, 0.1) is 0 Å². The minimum Gasteiger partial charge on any atom is -0.309 e. The zero-order chi connectivity index (χ0) is 44.0. The van der Waals surface area contributed by atoms with Crippen molar-refractivity contribution in [3.8, 4) is 55.6 Å². The van der Waals surface area contributed by atoms with Crippen LogP contribution in [0.15, 0.2) is 231 Å². The molecule has 0 atom stereocenters. The normalized spacial score (nSPS) is 11.9. The number of fused-ring (bicyclic) bond motifs is 11. The largest absolute Gasteiger partial charge is 0.309 e. The Balaban J connectivity index is 1.000. The Morgan fingerprint density at radius 3 is 1.43 bits per heavy atom. The van der Waals surface area contributed by atoms with Crippen molar-refractivity contribution < 1.29 is 0 Å². The first-order valence-electron chi connectivity index (χ1n) is 22.7. The summed E-state index contributed by atoms with van der Waals surface area (Å²) in [5.74, 6) is 0.650. The summed E-state index contributed by atoms with van der Waals surface area (Å²) in [6.45, 7) is 0. The van der Waals surface area contributed by atoms with Crippen molar-refractivity contribution in [1.29, 1.82) is 0 Å². The van der Waals surface area contributed by atoms with Gasteiger partial charge in [0, 0.05) is 37.7 Å². The number of hydrogen-bond acceptors (Lipinski definition) is 3. The molecule has 4 aromatic heterocycles. The number of thiophene rings is 1. The number of rotatable bonds is 6. The first kappa shape index (κ1) is 37.7. The van der Waals surface area contributed by atoms with E-state index in [0.29, 0.717) is 5.95 Å². The van der Waals surface area contributed by atoms with E-state index >= 15 is 0 Å². The lowest BCUT2D eigenvalue weighted by atomic mass is 9.98. The smallest absolute Gasteiger partial charge is 0.235 e. The van der Waals surface area contributed by atoms with Gasteiger partial charge in [0.25, 0.3) is 0 Å². The first-order valence-corrected chi connectivity index (χ1v) is 23.5. The van der Waals surface area contributed by atoms with Crippen molar-refractivity contribution in [2.45, 2.75) is 0 Å². The van der Waals surface area contributed by atoms with E-state index in [2.05, 4.69) is 240 Å². The van der Waals surface area contributed by atoms with Crippen LogP contribution in [-0.2, 0) is 0 Å². The molecule has 0 saturated carbocycles. The molecular weight excluding hydrogens is 833 g/mol. The average molecular weight is 871 g/mol. The van der Waals surface area contributed by atoms with Gasteiger partial charge in [-0.25, -0.2) is 9.97 Å². The summed E-state index contributed by atoms with van der Waals surface area (Å²) < 4.78 is 5.76. The molecular formula is C62H38N4S. The maximum Gasteiger partial charge on any atom is 0.235 e. The van der Waals surface area contributed by atoms with E-state index < -0.39 is 0 Å². The maximum atomic E-state index is 5.56. The van der Waals surface area contributed by atoms with Crippen molar-refractivity contribution in [1.82, 2.24) is 19.1 Å². The molecule has 0 bridgehead atoms. The van der Waals surface area contributed by atoms with E-state index in [1.807, 2.05) is 0 Å². The molecule has 4 nitrogen and oxygen atoms in total. The second kappa shape index (κ2) is 15.0. The molecule has 14 aromatic rings. The van der Waals surface area contributed by atoms with E-state index in [1.54, 1.807) is 11.3 Å². The fraction of sp³-hybridized carbons (Fsp3) is 0. The summed E-state index contributed by atoms with van der Waals surface area (Å²) >= 11 is 1.75. The molecule has 67 heavy (non-hydrogen) atoms. The lowest BCUT2D eigenvalue weighted by Gasteiger charge is -2.11. The van der Waals surface area contributed by atoms with Gasteiger partial charge in [-0.05, 0) is 104 Å². The van der Waals surface area contributed by atoms with Crippen LogP contribution in [0.25, 0.3) is 131 Å². The van der Waals surface area contributed by atoms with E-state index in [0.717, 1.165) is 49.1 Å². The Morgan fingerprint density at radius 2 is 0.806 bits per heavy atom. The van der Waals surface area contributed by atoms with Crippen LogP contribution in [0.3, 0.4) is 0 Å². The fourth-order valence-corrected chi connectivity index (χ4v) is 11.5. The Kier molecular flexibility index (Phi) is 8.42. The van der Waals surface area contributed by atoms with Crippen LogP contribution < -0.4 is 0 Å². The molecule has 4 heterocycles. The van der Waals surface area contributed by atoms with E-state index in [4.69, 9.17) is 9.97 Å². The second-order valence-corrected chi connectivity index (χ2v) is 18.4. The zero-order valence-corrected chi connectivity index (χ0v) is 37.0. The zero-order valence-electron chi connectivity index (χ0n) is 36.1. The van der Waals surface area contributed by atoms with Crippen molar-refractivity contribution in [3.05, 3.63) is 231 Å². The molecule has 312 valence electrons. The highest BCUT2D eigenvalue weighted by Crippen LogP contribution is 2.44. The van der Waals surface area contributed by atoms with Gasteiger partial charge in [-0.1, -0.05) is 176 Å². The second-order valence-electron chi connectivity index (χ2n) is 17.3. The summed E-state index contributed by atoms with van der Waals surface area (Å²) in [6, 6.07) is 83.3. The van der Waals surface area contributed by atoms with Crippen LogP contribution in [-0.4, -0.2) is 19.1 Å². The van der Waals surface area contributed by atoms with Gasteiger partial charge in [0.1, 0.15) is 0 Å². The van der Waals surface area contributed by atoms with Gasteiger partial charge in [-0.2, -0.15) is 0 Å². The molecule has 5 heteroatoms. The summed E-state index contributed by atoms with van der Waals surface area (Å²) in [6.07, 6.45) is 0. The van der Waals surface area contributed by atoms with Crippen LogP contribution in [0.5, 0.6) is 0 Å². The van der Waals surface area contributed by atoms with Crippen LogP contribution >= 0.6 is 11.3 Å². The Labute approximate surface area is 389 Å². The number of aromatic nitrogens is 4. The maximum absolute atomic E-state index is 5.56. The fourth-order valence-electron chi connectivity index (χ4n) is 10.4. The van der Waals surface area contributed by atoms with Crippen molar-refractivity contribution >= 4 is 86.7 Å². The van der Waals surface area contributed by atoms with Gasteiger partial charge in [-0.15, -0.1) is 11.3 Å². The molecule has 14 rings (SSSR count). The molecule has 0 aliphatic carbocycles. The predicted octanol–water partition coefficient (Wildman–Crippen LogP) is 16.9. The van der Waals surface area contributed by atoms with Gasteiger partial charge < -0.3 is 4.57 Å². The molecule has 0 aliphatic heterocycles. The van der Waals surface area contributed by atoms with Gasteiger partial charge in [0.05, 0.1) is 38.0 Å². The van der Waals surface area contributed by atoms with E-state index in [1.165, 1.54) is 75.9 Å². The van der Waals surface area contributed by atoms with Crippen molar-refractivity contribution in [3.63, 3.8) is 0 Å². The summed E-state index contributed by atoms with van der Waals surface area (Å²) in [5.41, 5.74) is 14.4. The first-order chi connectivity index (χ1) is 33.2. The summed E-state index contributed by atoms with van der Waals surface area (Å²) in [5, 5.41) is 9.75. The van der Waals surface area contributed by atoms with Gasteiger partial charge in [0.15, 0.2) is 0 Å². The van der Waals surface area contributed by atoms with Crippen molar-refractivity contribution in [2.24, 2.45) is 0 Å². The highest BCUT2D eigenvalue weighted by molar-refractivity contribution is 7.22. The minimum atomic E-state index is 0.650. The highest BCUT2D eigenvalue weighted by Gasteiger charge is 2.22. The molecule has 0 N–H and O–H groups in total. The minimum absolute atomic E-state index is 0.650. The Hall–Kier alpha value is -8.64.